The van der Waals surface area contributed by atoms with Crippen LogP contribution in [0.25, 0.3) is 22.3 Å². The number of cyclic esters (lactones) is 1. The molecule has 0 saturated carbocycles. The van der Waals surface area contributed by atoms with E-state index in [1.165, 1.54) is 29.0 Å². The maximum atomic E-state index is 15.4. The number of allylic oxidation sites excluding steroid dienone is 1. The number of esters is 1. The van der Waals surface area contributed by atoms with Crippen LogP contribution in [0.5, 0.6) is 0 Å². The van der Waals surface area contributed by atoms with Crippen molar-refractivity contribution in [3.8, 4) is 11.4 Å². The third-order valence-corrected chi connectivity index (χ3v) is 17.8. The molecule has 101 heavy (non-hydrogen) atoms. The number of alkyl carbamates (subject to hydrolysis) is 1. The third-order valence-electron chi connectivity index (χ3n) is 17.8. The van der Waals surface area contributed by atoms with Gasteiger partial charge in [0, 0.05) is 47.8 Å². The fourth-order valence-electron chi connectivity index (χ4n) is 12.3. The molecule has 2 aromatic heterocycles. The van der Waals surface area contributed by atoms with Gasteiger partial charge in [0.25, 0.3) is 5.56 Å². The summed E-state index contributed by atoms with van der Waals surface area (Å²) in [5.41, 5.74) is 8.51. The number of halogens is 1. The number of aryl methyl sites for hydroxylation is 1. The number of carbonyl (C=O) groups is 9. The van der Waals surface area contributed by atoms with Crippen LogP contribution in [0.3, 0.4) is 0 Å². The molecule has 8 rings (SSSR count). The van der Waals surface area contributed by atoms with Crippen molar-refractivity contribution in [3.63, 3.8) is 0 Å². The quantitative estimate of drug-likeness (QED) is 0.0117. The number of benzene rings is 2. The van der Waals surface area contributed by atoms with Gasteiger partial charge < -0.3 is 95.8 Å². The third kappa shape index (κ3) is 22.0. The van der Waals surface area contributed by atoms with Crippen LogP contribution in [0.2, 0.25) is 0 Å². The summed E-state index contributed by atoms with van der Waals surface area (Å²) in [5, 5.41) is 33.3. The van der Waals surface area contributed by atoms with E-state index in [1.54, 1.807) is 58.0 Å². The molecule has 5 atom stereocenters. The Morgan fingerprint density at radius 1 is 0.772 bits per heavy atom. The molecule has 2 aliphatic carbocycles. The maximum Gasteiger partial charge on any atom is 0.407 e. The number of rotatable bonds is 38. The summed E-state index contributed by atoms with van der Waals surface area (Å²) in [5.74, 6) is -4.78. The highest BCUT2D eigenvalue weighted by atomic mass is 19.1. The lowest BCUT2D eigenvalue weighted by molar-refractivity contribution is -0.172. The van der Waals surface area contributed by atoms with Crippen LogP contribution in [-0.4, -0.2) is 179 Å². The number of anilines is 1. The molecule has 1 unspecified atom stereocenters. The molecule has 31 heteroatoms. The second-order valence-corrected chi connectivity index (χ2v) is 25.5. The van der Waals surface area contributed by atoms with Gasteiger partial charge in [-0.15, -0.1) is 0 Å². The highest BCUT2D eigenvalue weighted by Crippen LogP contribution is 2.46. The van der Waals surface area contributed by atoms with Crippen molar-refractivity contribution in [2.75, 3.05) is 97.8 Å². The van der Waals surface area contributed by atoms with Crippen LogP contribution in [0.15, 0.2) is 52.8 Å². The number of aromatic nitrogens is 2. The Bertz CT molecular complexity index is 3720. The van der Waals surface area contributed by atoms with E-state index in [2.05, 4.69) is 55.5 Å². The zero-order valence-corrected chi connectivity index (χ0v) is 57.9. The molecule has 4 heterocycles. The number of nitrogens with two attached hydrogens (primary N) is 1. The lowest BCUT2D eigenvalue weighted by atomic mass is 9.81. The monoisotopic (exact) mass is 1410 g/mol. The Morgan fingerprint density at radius 2 is 1.50 bits per heavy atom. The van der Waals surface area contributed by atoms with Gasteiger partial charge in [-0.2, -0.15) is 0 Å². The van der Waals surface area contributed by atoms with Crippen LogP contribution in [0, 0.1) is 18.7 Å². The van der Waals surface area contributed by atoms with Gasteiger partial charge in [0.1, 0.15) is 57.6 Å². The van der Waals surface area contributed by atoms with Gasteiger partial charge in [0.05, 0.1) is 94.0 Å². The Hall–Kier alpha value is -8.98. The lowest BCUT2D eigenvalue weighted by Crippen LogP contribution is -2.54. The minimum atomic E-state index is -2.06. The first kappa shape index (κ1) is 77.8. The number of ether oxygens (including phenoxy) is 8. The molecular formula is C70H94FN11O19. The predicted molar refractivity (Wildman–Crippen MR) is 364 cm³/mol. The zero-order chi connectivity index (χ0) is 72.6. The van der Waals surface area contributed by atoms with Crippen molar-refractivity contribution in [1.82, 2.24) is 46.8 Å². The predicted octanol–water partition coefficient (Wildman–Crippen LogP) is 3.53. The van der Waals surface area contributed by atoms with Gasteiger partial charge in [-0.1, -0.05) is 57.4 Å². The molecule has 0 fully saturated rings. The molecular weight excluding hydrogens is 1320 g/mol. The molecule has 4 aliphatic rings. The van der Waals surface area contributed by atoms with Crippen molar-refractivity contribution >= 4 is 70.1 Å². The number of amides is 9. The standard InChI is InChI=1S/C70H94FN11O19/c1-6-70(93)50-32-55-63-48(35-82(55)66(89)49(50)37-100-67(70)90)61-52(19-18-47-43(5)51(71)33-54(79-63)60(47)61)78-59(86)38-98-40-76-57(84)34-75-69(92)101-36-44-14-16-45(17-15-44)77-64(87)53(13-10-21-74-68(72)91)80-65(88)62(41(2)3)81-56(83)20-23-94-25-27-96-29-30-97-28-26-95-24-22-73-58(85)39-99-46-12-9-7-8-11-42(4)31-46/h14-17,31-33,41,46,52-53,62,93H,6-13,18-30,34-40H2,1-5H3,(H,73,85)(H,75,92)(H,76,84)(H,77,87)(H,78,86)(H,80,88)(H,81,83)(H3,72,74,91)/b42-31-/t46?,52-,53-,62-,70-/m0/s1. The molecule has 0 radical (unpaired) electrons. The number of aliphatic hydroxyl groups is 1. The number of carbonyl (C=O) groups excluding carboxylic acids is 9. The SMILES string of the molecule is CC[C@@]1(O)C(=O)OCc2c1cc1n(c2=O)Cc2c-1nc1cc(F)c(C)c3c1c2[C@@H](NC(=O)COCNC(=O)CNC(=O)OCc1ccc(NC(=O)[C@H](CCCNC(N)=O)NC(=O)[C@@H](NC(=O)CCOCCOCCOCCOCCNC(=O)COC2/C=C(/C)CCCCC2)C(C)C)cc1)CC3. The van der Waals surface area contributed by atoms with Gasteiger partial charge in [-0.05, 0) is 112 Å². The van der Waals surface area contributed by atoms with Crippen molar-refractivity contribution < 1.29 is 90.5 Å². The molecule has 550 valence electrons. The van der Waals surface area contributed by atoms with Crippen molar-refractivity contribution in [2.24, 2.45) is 11.7 Å². The molecule has 2 aliphatic heterocycles. The lowest BCUT2D eigenvalue weighted by Gasteiger charge is -2.31. The first-order chi connectivity index (χ1) is 48.5. The van der Waals surface area contributed by atoms with E-state index in [1.807, 2.05) is 0 Å². The van der Waals surface area contributed by atoms with Crippen LogP contribution in [0.4, 0.5) is 19.7 Å². The number of primary amides is 1. The summed E-state index contributed by atoms with van der Waals surface area (Å²) < 4.78 is 60.8. The van der Waals surface area contributed by atoms with Crippen LogP contribution in [-0.2, 0) is 103 Å². The Kier molecular flexibility index (Phi) is 29.4. The second-order valence-electron chi connectivity index (χ2n) is 25.5. The first-order valence-electron chi connectivity index (χ1n) is 34.3. The zero-order valence-electron chi connectivity index (χ0n) is 57.9. The molecule has 0 spiro atoms. The smallest absolute Gasteiger partial charge is 0.407 e. The Morgan fingerprint density at radius 3 is 2.21 bits per heavy atom. The Labute approximate surface area is 584 Å². The normalized spacial score (nSPS) is 17.8. The average molecular weight is 1410 g/mol. The minimum absolute atomic E-state index is 0.0103. The van der Waals surface area contributed by atoms with E-state index >= 15 is 4.39 Å². The maximum absolute atomic E-state index is 15.4. The topological polar surface area (TPSA) is 405 Å². The van der Waals surface area contributed by atoms with Crippen LogP contribution in [0.1, 0.15) is 137 Å². The highest BCUT2D eigenvalue weighted by Gasteiger charge is 2.46. The van der Waals surface area contributed by atoms with Crippen molar-refractivity contribution in [1.29, 1.82) is 0 Å². The molecule has 0 saturated heterocycles. The van der Waals surface area contributed by atoms with Gasteiger partial charge in [0.15, 0.2) is 5.60 Å². The van der Waals surface area contributed by atoms with Gasteiger partial charge in [-0.3, -0.25) is 33.6 Å². The summed E-state index contributed by atoms with van der Waals surface area (Å²) in [6, 6.07) is 5.59. The molecule has 0 bridgehead atoms. The number of nitrogens with zero attached hydrogens (tertiary/aromatic N) is 2. The molecule has 4 aromatic rings. The van der Waals surface area contributed by atoms with Crippen LogP contribution < -0.4 is 53.8 Å². The molecule has 11 N–H and O–H groups in total. The summed E-state index contributed by atoms with van der Waals surface area (Å²) in [4.78, 5) is 134. The minimum Gasteiger partial charge on any atom is -0.458 e. The molecule has 9 amide bonds. The van der Waals surface area contributed by atoms with Crippen molar-refractivity contribution in [3.05, 3.63) is 103 Å². The fourth-order valence-corrected chi connectivity index (χ4v) is 12.3. The van der Waals surface area contributed by atoms with E-state index in [-0.39, 0.29) is 107 Å². The summed E-state index contributed by atoms with van der Waals surface area (Å²) in [6.07, 6.45) is 7.60. The number of fused-ring (bicyclic) bond motifs is 5. The summed E-state index contributed by atoms with van der Waals surface area (Å²) in [7, 11) is 0. The van der Waals surface area contributed by atoms with E-state index in [9.17, 15) is 53.1 Å². The summed E-state index contributed by atoms with van der Waals surface area (Å²) >= 11 is 0. The average Bonchev–Trinajstić information content (AvgIpc) is 1.62. The highest BCUT2D eigenvalue weighted by molar-refractivity contribution is 5.99. The van der Waals surface area contributed by atoms with E-state index in [0.717, 1.165) is 24.8 Å². The second kappa shape index (κ2) is 38.2. The number of hydrogen-bond acceptors (Lipinski definition) is 20. The summed E-state index contributed by atoms with van der Waals surface area (Å²) in [6.45, 7) is 9.63. The number of pyridine rings is 2. The Balaban J connectivity index is 0.694. The fraction of sp³-hybridized carbons (Fsp3) is 0.557. The van der Waals surface area contributed by atoms with Gasteiger partial charge in [0.2, 0.25) is 35.4 Å². The first-order valence-corrected chi connectivity index (χ1v) is 34.3. The van der Waals surface area contributed by atoms with Gasteiger partial charge >= 0.3 is 18.1 Å². The molecule has 2 aromatic carbocycles. The van der Waals surface area contributed by atoms with Crippen molar-refractivity contribution in [2.45, 2.75) is 155 Å². The van der Waals surface area contributed by atoms with Crippen LogP contribution >= 0.6 is 0 Å². The number of nitrogens with one attached hydrogen (secondary N) is 8. The van der Waals surface area contributed by atoms with E-state index in [4.69, 9.17) is 48.6 Å². The molecule has 30 nitrogen and oxygen atoms in total. The number of urea groups is 1. The number of hydrogen-bond donors (Lipinski definition) is 10. The largest absolute Gasteiger partial charge is 0.458 e. The van der Waals surface area contributed by atoms with E-state index in [0.29, 0.717) is 103 Å². The van der Waals surface area contributed by atoms with Gasteiger partial charge in [-0.25, -0.2) is 23.8 Å². The van der Waals surface area contributed by atoms with E-state index < -0.39 is 103 Å².